The van der Waals surface area contributed by atoms with E-state index < -0.39 is 0 Å². The average Bonchev–Trinajstić information content (AvgIpc) is 2.03. The van der Waals surface area contributed by atoms with Crippen molar-refractivity contribution in [2.75, 3.05) is 34.2 Å². The summed E-state index contributed by atoms with van der Waals surface area (Å²) in [5.74, 6) is -0.0616. The van der Waals surface area contributed by atoms with E-state index in [-0.39, 0.29) is 30.7 Å². The second-order valence-corrected chi connectivity index (χ2v) is 3.74. The Morgan fingerprint density at radius 3 is 1.94 bits per heavy atom. The molecule has 0 bridgehead atoms. The van der Waals surface area contributed by atoms with Crippen LogP contribution in [0.2, 0.25) is 0 Å². The first-order valence-electron chi connectivity index (χ1n) is 4.91. The van der Waals surface area contributed by atoms with E-state index in [1.807, 2.05) is 0 Å². The Kier molecular flexibility index (Phi) is 26.5. The molecule has 0 rings (SSSR count). The lowest BCUT2D eigenvalue weighted by atomic mass is 10.3. The van der Waals surface area contributed by atoms with Gasteiger partial charge in [-0.1, -0.05) is 6.58 Å². The first-order valence-corrected chi connectivity index (χ1v) is 4.91. The predicted molar refractivity (Wildman–Crippen MR) is 58.9 cm³/mol. The number of rotatable bonds is 4. The number of amides is 1. The van der Waals surface area contributed by atoms with Gasteiger partial charge in [-0.2, -0.15) is 0 Å². The van der Waals surface area contributed by atoms with Crippen LogP contribution in [-0.2, 0) is 4.79 Å². The average molecular weight is 274 g/mol. The molecule has 0 atom stereocenters. The second-order valence-electron chi connectivity index (χ2n) is 3.74. The number of nitrogens with one attached hydrogen (secondary N) is 2. The van der Waals surface area contributed by atoms with Crippen LogP contribution in [0.15, 0.2) is 12.2 Å². The monoisotopic (exact) mass is 273 g/mol. The lowest BCUT2D eigenvalue weighted by molar-refractivity contribution is -0.836. The summed E-state index contributed by atoms with van der Waals surface area (Å²) in [6.45, 7) is 6.76. The van der Waals surface area contributed by atoms with Gasteiger partial charge < -0.3 is 40.8 Å². The van der Waals surface area contributed by atoms with Gasteiger partial charge in [0.15, 0.2) is 0 Å². The summed E-state index contributed by atoms with van der Waals surface area (Å²) in [5, 5.41) is 2.70. The van der Waals surface area contributed by atoms with Gasteiger partial charge in [-0.05, 0) is 6.92 Å². The molecule has 0 unspecified atom stereocenters. The zero-order valence-electron chi connectivity index (χ0n) is 10.7. The van der Waals surface area contributed by atoms with Crippen LogP contribution in [0.5, 0.6) is 0 Å². The third-order valence-corrected chi connectivity index (χ3v) is 1.10. The molecule has 0 aromatic heterocycles. The molecule has 0 aromatic carbocycles. The van der Waals surface area contributed by atoms with Gasteiger partial charge in [0.25, 0.3) is 0 Å². The van der Waals surface area contributed by atoms with Gasteiger partial charge in [0, 0.05) is 18.5 Å². The van der Waals surface area contributed by atoms with Crippen LogP contribution in [0.3, 0.4) is 0 Å². The zero-order valence-corrected chi connectivity index (χ0v) is 12.2. The highest BCUT2D eigenvalue weighted by molar-refractivity contribution is 5.91. The molecule has 0 fully saturated rings. The van der Waals surface area contributed by atoms with Gasteiger partial charge in [-0.15, -0.1) is 0 Å². The quantitative estimate of drug-likeness (QED) is 0.346. The topological polar surface area (TPSA) is 61.2 Å². The first-order chi connectivity index (χ1) is 6.41. The van der Waals surface area contributed by atoms with E-state index in [4.69, 9.17) is 0 Å². The molecule has 0 radical (unpaired) electrons. The maximum atomic E-state index is 10.8. The van der Waals surface area contributed by atoms with E-state index in [0.717, 1.165) is 13.0 Å². The lowest BCUT2D eigenvalue weighted by Crippen LogP contribution is -3.02. The molecule has 0 saturated heterocycles. The summed E-state index contributed by atoms with van der Waals surface area (Å²) in [7, 11) is 6.25. The largest absolute Gasteiger partial charge is 1.00 e. The molecule has 16 heavy (non-hydrogen) atoms. The van der Waals surface area contributed by atoms with Gasteiger partial charge >= 0.3 is 0 Å². The van der Waals surface area contributed by atoms with E-state index in [0.29, 0.717) is 12.1 Å². The van der Waals surface area contributed by atoms with E-state index in [1.165, 1.54) is 4.90 Å². The fraction of sp³-hybridized carbons (Fsp3) is 0.700. The lowest BCUT2D eigenvalue weighted by Gasteiger charge is -2.00. The van der Waals surface area contributed by atoms with E-state index in [9.17, 15) is 4.79 Å². The number of carbonyl (C=O) groups excluding carboxylic acids is 1. The highest BCUT2D eigenvalue weighted by Crippen LogP contribution is 1.84. The SMILES string of the molecule is C=C(C)C(=O)NCCC[NH3+].C[NH+](C)C.[Cl-].[Cl-]. The van der Waals surface area contributed by atoms with E-state index in [2.05, 4.69) is 38.8 Å². The van der Waals surface area contributed by atoms with Gasteiger partial charge in [0.1, 0.15) is 0 Å². The van der Waals surface area contributed by atoms with Crippen molar-refractivity contribution in [1.82, 2.24) is 5.32 Å². The molecule has 0 aromatic rings. The van der Waals surface area contributed by atoms with Crippen molar-refractivity contribution in [2.24, 2.45) is 0 Å². The molecule has 0 heterocycles. The van der Waals surface area contributed by atoms with Crippen LogP contribution in [0.4, 0.5) is 0 Å². The summed E-state index contributed by atoms with van der Waals surface area (Å²) in [6.07, 6.45) is 0.930. The third-order valence-electron chi connectivity index (χ3n) is 1.10. The van der Waals surface area contributed by atoms with Crippen LogP contribution >= 0.6 is 0 Å². The Hall–Kier alpha value is -0.290. The zero-order chi connectivity index (χ0) is 11.6. The molecule has 100 valence electrons. The highest BCUT2D eigenvalue weighted by atomic mass is 35.5. The molecule has 5 N–H and O–H groups in total. The minimum absolute atomic E-state index is 0. The van der Waals surface area contributed by atoms with E-state index >= 15 is 0 Å². The predicted octanol–water partition coefficient (Wildman–Crippen LogP) is -7.92. The van der Waals surface area contributed by atoms with Crippen LogP contribution in [0.25, 0.3) is 0 Å². The van der Waals surface area contributed by atoms with Crippen molar-refractivity contribution in [3.05, 3.63) is 12.2 Å². The Morgan fingerprint density at radius 2 is 1.69 bits per heavy atom. The summed E-state index contributed by atoms with van der Waals surface area (Å²) in [5.41, 5.74) is 4.21. The summed E-state index contributed by atoms with van der Waals surface area (Å²) in [6, 6.07) is 0. The van der Waals surface area contributed by atoms with Gasteiger partial charge in [-0.25, -0.2) is 0 Å². The number of hydrogen-bond acceptors (Lipinski definition) is 1. The molecule has 1 amide bonds. The molecule has 4 nitrogen and oxygen atoms in total. The smallest absolute Gasteiger partial charge is 0.246 e. The third kappa shape index (κ3) is 29.2. The van der Waals surface area contributed by atoms with Crippen molar-refractivity contribution in [1.29, 1.82) is 0 Å². The summed E-state index contributed by atoms with van der Waals surface area (Å²) < 4.78 is 0. The fourth-order valence-electron chi connectivity index (χ4n) is 0.478. The second kappa shape index (κ2) is 17.1. The standard InChI is InChI=1S/C7H14N2O.C3H9N.2ClH/c1-6(2)7(10)9-5-3-4-8;1-4(2)3;;/h1,3-5,8H2,2H3,(H,9,10);1-3H3;2*1H. The first kappa shape index (κ1) is 24.8. The minimum Gasteiger partial charge on any atom is -1.00 e. The van der Waals surface area contributed by atoms with Crippen LogP contribution in [0, 0.1) is 0 Å². The Balaban J connectivity index is -0.000000105. The molecular formula is C10H25Cl2N3O. The van der Waals surface area contributed by atoms with Crippen molar-refractivity contribution in [3.8, 4) is 0 Å². The minimum atomic E-state index is -0.0616. The molecular weight excluding hydrogens is 249 g/mol. The van der Waals surface area contributed by atoms with Crippen molar-refractivity contribution in [3.63, 3.8) is 0 Å². The van der Waals surface area contributed by atoms with Crippen LogP contribution in [0.1, 0.15) is 13.3 Å². The van der Waals surface area contributed by atoms with Crippen molar-refractivity contribution in [2.45, 2.75) is 13.3 Å². The van der Waals surface area contributed by atoms with Crippen molar-refractivity contribution < 1.29 is 40.2 Å². The maximum absolute atomic E-state index is 10.8. The molecule has 0 spiro atoms. The molecule has 0 saturated carbocycles. The van der Waals surface area contributed by atoms with Gasteiger partial charge in [0.05, 0.1) is 27.7 Å². The molecule has 6 heteroatoms. The normalized spacial score (nSPS) is 7.88. The molecule has 0 aliphatic carbocycles. The Labute approximate surface area is 111 Å². The Morgan fingerprint density at radius 1 is 1.31 bits per heavy atom. The van der Waals surface area contributed by atoms with E-state index in [1.54, 1.807) is 6.92 Å². The molecule has 0 aliphatic heterocycles. The van der Waals surface area contributed by atoms with Crippen LogP contribution < -0.4 is 40.8 Å². The number of hydrogen-bond donors (Lipinski definition) is 3. The Bertz CT molecular complexity index is 173. The number of quaternary nitrogens is 2. The van der Waals surface area contributed by atoms with Gasteiger partial charge in [-0.3, -0.25) is 4.79 Å². The molecule has 0 aliphatic rings. The van der Waals surface area contributed by atoms with Crippen molar-refractivity contribution >= 4 is 5.91 Å². The fourth-order valence-corrected chi connectivity index (χ4v) is 0.478. The number of carbonyl (C=O) groups is 1. The summed E-state index contributed by atoms with van der Waals surface area (Å²) >= 11 is 0. The highest BCUT2D eigenvalue weighted by Gasteiger charge is 1.98. The maximum Gasteiger partial charge on any atom is 0.246 e. The van der Waals surface area contributed by atoms with Crippen LogP contribution in [-0.4, -0.2) is 40.1 Å². The number of halogens is 2. The summed E-state index contributed by atoms with van der Waals surface area (Å²) in [4.78, 5) is 12.2. The van der Waals surface area contributed by atoms with Gasteiger partial charge in [0.2, 0.25) is 5.91 Å².